The largest absolute Gasteiger partial charge is 0.365 e. The molecule has 0 unspecified atom stereocenters. The molecule has 1 aliphatic heterocycles. The lowest BCUT2D eigenvalue weighted by molar-refractivity contribution is 0.0712. The van der Waals surface area contributed by atoms with Crippen molar-refractivity contribution >= 4 is 33.5 Å². The van der Waals surface area contributed by atoms with E-state index in [0.29, 0.717) is 36.9 Å². The highest BCUT2D eigenvalue weighted by Gasteiger charge is 2.29. The Labute approximate surface area is 233 Å². The number of hydrogen-bond donors (Lipinski definition) is 2. The maximum absolute atomic E-state index is 13.8. The van der Waals surface area contributed by atoms with Crippen molar-refractivity contribution in [3.8, 4) is 0 Å². The van der Waals surface area contributed by atoms with E-state index < -0.39 is 16.1 Å². The molecule has 0 radical (unpaired) electrons. The molecule has 1 saturated heterocycles. The van der Waals surface area contributed by atoms with Gasteiger partial charge < -0.3 is 10.2 Å². The molecule has 4 aromatic rings. The fourth-order valence-electron chi connectivity index (χ4n) is 4.77. The number of hydrogen-bond acceptors (Lipinski definition) is 7. The molecule has 0 spiro atoms. The summed E-state index contributed by atoms with van der Waals surface area (Å²) in [6.45, 7) is 1.60. The summed E-state index contributed by atoms with van der Waals surface area (Å²) in [7, 11) is -1.39. The van der Waals surface area contributed by atoms with Gasteiger partial charge in [-0.2, -0.15) is 22.3 Å². The number of aromatic nitrogens is 3. The van der Waals surface area contributed by atoms with Crippen LogP contribution < -0.4 is 10.0 Å². The van der Waals surface area contributed by atoms with Crippen molar-refractivity contribution in [1.82, 2.24) is 28.5 Å². The Morgan fingerprint density at radius 2 is 1.60 bits per heavy atom. The molecule has 2 N–H and O–H groups in total. The zero-order valence-corrected chi connectivity index (χ0v) is 23.1. The number of nitrogens with zero attached hydrogens (tertiary/aromatic N) is 5. The molecule has 2 aromatic heterocycles. The van der Waals surface area contributed by atoms with Gasteiger partial charge in [-0.05, 0) is 29.9 Å². The van der Waals surface area contributed by atoms with Crippen molar-refractivity contribution < 1.29 is 18.0 Å². The van der Waals surface area contributed by atoms with Gasteiger partial charge in [-0.1, -0.05) is 60.7 Å². The molecule has 0 bridgehead atoms. The van der Waals surface area contributed by atoms with Crippen molar-refractivity contribution in [3.05, 3.63) is 95.3 Å². The molecular weight excluding hydrogens is 530 g/mol. The maximum Gasteiger partial charge on any atom is 0.303 e. The molecule has 208 valence electrons. The summed E-state index contributed by atoms with van der Waals surface area (Å²) < 4.78 is 28.7. The fraction of sp³-hybridized carbons (Fsp3) is 0.286. The summed E-state index contributed by atoms with van der Waals surface area (Å²) in [6, 6.07) is 20.0. The van der Waals surface area contributed by atoms with Gasteiger partial charge in [-0.25, -0.2) is 9.71 Å². The standard InChI is InChI=1S/C28H31N7O4S/c1-33(2)40(38,39)32-27(36)23-19-31-35-25(23)30-18-24(26(35)29-17-20-9-5-3-6-10-20)28(37)34-15-13-22(14-16-34)21-11-7-4-8-12-21/h3-12,18-19,22,29H,13-17H2,1-2H3,(H,32,36). The molecule has 3 heterocycles. The molecule has 1 aliphatic rings. The van der Waals surface area contributed by atoms with Crippen molar-refractivity contribution in [3.63, 3.8) is 0 Å². The maximum atomic E-state index is 13.8. The third-order valence-electron chi connectivity index (χ3n) is 7.06. The molecule has 1 fully saturated rings. The second-order valence-electron chi connectivity index (χ2n) is 9.85. The average Bonchev–Trinajstić information content (AvgIpc) is 3.41. The average molecular weight is 562 g/mol. The lowest BCUT2D eigenvalue weighted by Gasteiger charge is -2.32. The van der Waals surface area contributed by atoms with Gasteiger partial charge in [0.1, 0.15) is 16.9 Å². The summed E-state index contributed by atoms with van der Waals surface area (Å²) in [5.74, 6) is -0.286. The topological polar surface area (TPSA) is 129 Å². The Morgan fingerprint density at radius 3 is 2.25 bits per heavy atom. The second-order valence-corrected chi connectivity index (χ2v) is 11.7. The Hall–Kier alpha value is -4.29. The van der Waals surface area contributed by atoms with E-state index in [-0.39, 0.29) is 17.1 Å². The Morgan fingerprint density at radius 1 is 0.950 bits per heavy atom. The fourth-order valence-corrected chi connectivity index (χ4v) is 5.30. The highest BCUT2D eigenvalue weighted by molar-refractivity contribution is 7.87. The molecule has 11 nitrogen and oxygen atoms in total. The number of fused-ring (bicyclic) bond motifs is 1. The number of carbonyl (C=O) groups excluding carboxylic acids is 2. The zero-order chi connectivity index (χ0) is 28.3. The van der Waals surface area contributed by atoms with Crippen LogP contribution in [0.5, 0.6) is 0 Å². The van der Waals surface area contributed by atoms with E-state index in [0.717, 1.165) is 22.7 Å². The smallest absolute Gasteiger partial charge is 0.303 e. The first kappa shape index (κ1) is 27.3. The first-order valence-electron chi connectivity index (χ1n) is 13.0. The number of piperidine rings is 1. The monoisotopic (exact) mass is 561 g/mol. The number of benzene rings is 2. The summed E-state index contributed by atoms with van der Waals surface area (Å²) in [6.07, 6.45) is 4.37. The van der Waals surface area contributed by atoms with E-state index in [1.165, 1.54) is 36.6 Å². The van der Waals surface area contributed by atoms with Crippen molar-refractivity contribution in [2.75, 3.05) is 32.5 Å². The van der Waals surface area contributed by atoms with Gasteiger partial charge in [0.05, 0.1) is 6.20 Å². The summed E-state index contributed by atoms with van der Waals surface area (Å²) in [5, 5.41) is 7.62. The minimum absolute atomic E-state index is 0.0316. The first-order valence-corrected chi connectivity index (χ1v) is 14.4. The summed E-state index contributed by atoms with van der Waals surface area (Å²) in [4.78, 5) is 32.8. The van der Waals surface area contributed by atoms with Gasteiger partial charge in [0, 0.05) is 39.9 Å². The van der Waals surface area contributed by atoms with Gasteiger partial charge in [0.15, 0.2) is 5.65 Å². The van der Waals surface area contributed by atoms with E-state index in [1.807, 2.05) is 58.2 Å². The van der Waals surface area contributed by atoms with Gasteiger partial charge in [0.25, 0.3) is 11.8 Å². The Bertz CT molecular complexity index is 1610. The predicted molar refractivity (Wildman–Crippen MR) is 151 cm³/mol. The van der Waals surface area contributed by atoms with E-state index >= 15 is 0 Å². The molecule has 0 atom stereocenters. The molecule has 12 heteroatoms. The van der Waals surface area contributed by atoms with Crippen molar-refractivity contribution in [2.45, 2.75) is 25.3 Å². The lowest BCUT2D eigenvalue weighted by Crippen LogP contribution is -2.39. The number of anilines is 1. The van der Waals surface area contributed by atoms with Crippen LogP contribution in [0.4, 0.5) is 5.82 Å². The number of rotatable bonds is 8. The van der Waals surface area contributed by atoms with Crippen LogP contribution in [-0.2, 0) is 16.8 Å². The Kier molecular flexibility index (Phi) is 7.81. The molecule has 40 heavy (non-hydrogen) atoms. The van der Waals surface area contributed by atoms with Gasteiger partial charge in [0.2, 0.25) is 0 Å². The number of amides is 2. The molecule has 0 aliphatic carbocycles. The van der Waals surface area contributed by atoms with Crippen LogP contribution in [0.2, 0.25) is 0 Å². The number of carbonyl (C=O) groups is 2. The predicted octanol–water partition coefficient (Wildman–Crippen LogP) is 2.90. The first-order chi connectivity index (χ1) is 19.2. The third-order valence-corrected chi connectivity index (χ3v) is 8.46. The van der Waals surface area contributed by atoms with Gasteiger partial charge >= 0.3 is 10.2 Å². The van der Waals surface area contributed by atoms with Crippen LogP contribution in [0.1, 0.15) is 50.6 Å². The van der Waals surface area contributed by atoms with Crippen molar-refractivity contribution in [1.29, 1.82) is 0 Å². The van der Waals surface area contributed by atoms with Crippen LogP contribution in [0.25, 0.3) is 5.65 Å². The summed E-state index contributed by atoms with van der Waals surface area (Å²) >= 11 is 0. The minimum atomic E-state index is -4.02. The number of likely N-dealkylation sites (tertiary alicyclic amines) is 1. The van der Waals surface area contributed by atoms with Gasteiger partial charge in [-0.3, -0.25) is 9.59 Å². The van der Waals surface area contributed by atoms with Crippen LogP contribution in [0, 0.1) is 0 Å². The molecular formula is C28H31N7O4S. The van der Waals surface area contributed by atoms with E-state index in [1.54, 1.807) is 0 Å². The van der Waals surface area contributed by atoms with E-state index in [4.69, 9.17) is 0 Å². The molecule has 5 rings (SSSR count). The van der Waals surface area contributed by atoms with Crippen LogP contribution >= 0.6 is 0 Å². The Balaban J connectivity index is 1.44. The van der Waals surface area contributed by atoms with Gasteiger partial charge in [-0.15, -0.1) is 0 Å². The minimum Gasteiger partial charge on any atom is -0.365 e. The van der Waals surface area contributed by atoms with Crippen molar-refractivity contribution in [2.24, 2.45) is 0 Å². The van der Waals surface area contributed by atoms with E-state index in [2.05, 4.69) is 27.5 Å². The normalized spacial score (nSPS) is 14.4. The highest BCUT2D eigenvalue weighted by atomic mass is 32.2. The molecule has 2 aromatic carbocycles. The number of nitrogens with one attached hydrogen (secondary N) is 2. The van der Waals surface area contributed by atoms with E-state index in [9.17, 15) is 18.0 Å². The zero-order valence-electron chi connectivity index (χ0n) is 22.3. The quantitative estimate of drug-likeness (QED) is 0.338. The molecule has 2 amide bonds. The highest BCUT2D eigenvalue weighted by Crippen LogP contribution is 2.29. The third kappa shape index (κ3) is 5.68. The van der Waals surface area contributed by atoms with Crippen LogP contribution in [0.15, 0.2) is 73.1 Å². The SMILES string of the molecule is CN(C)S(=O)(=O)NC(=O)c1cnn2c(NCc3ccccc3)c(C(=O)N3CCC(c4ccccc4)CC3)cnc12. The molecule has 0 saturated carbocycles. The second kappa shape index (κ2) is 11.4. The van der Waals surface area contributed by atoms with Crippen LogP contribution in [0.3, 0.4) is 0 Å². The van der Waals surface area contributed by atoms with Crippen LogP contribution in [-0.4, -0.2) is 71.2 Å². The summed E-state index contributed by atoms with van der Waals surface area (Å²) in [5.41, 5.74) is 2.67. The lowest BCUT2D eigenvalue weighted by atomic mass is 9.89.